The maximum atomic E-state index is 13.3. The maximum Gasteiger partial charge on any atom is 0.170 e. The number of Topliss-reactive ketones (excluding diaryl/α,β-unsaturated/α-hetero) is 1. The van der Waals surface area contributed by atoms with E-state index >= 15 is 0 Å². The SMILES string of the molecule is Cc1cc(Cl)c(C(=O)C2CNC2)cc1F. The van der Waals surface area contributed by atoms with Crippen LogP contribution < -0.4 is 5.32 Å². The van der Waals surface area contributed by atoms with Gasteiger partial charge in [0.1, 0.15) is 5.82 Å². The summed E-state index contributed by atoms with van der Waals surface area (Å²) >= 11 is 5.91. The van der Waals surface area contributed by atoms with Crippen LogP contribution >= 0.6 is 11.6 Å². The van der Waals surface area contributed by atoms with E-state index in [1.54, 1.807) is 6.92 Å². The summed E-state index contributed by atoms with van der Waals surface area (Å²) in [5.41, 5.74) is 0.759. The lowest BCUT2D eigenvalue weighted by atomic mass is 9.92. The smallest absolute Gasteiger partial charge is 0.170 e. The molecule has 0 bridgehead atoms. The Balaban J connectivity index is 2.34. The first-order valence-electron chi connectivity index (χ1n) is 4.80. The highest BCUT2D eigenvalue weighted by atomic mass is 35.5. The average molecular weight is 228 g/mol. The molecule has 80 valence electrons. The minimum Gasteiger partial charge on any atom is -0.315 e. The minimum absolute atomic E-state index is 0.0513. The molecule has 2 rings (SSSR count). The number of hydrogen-bond acceptors (Lipinski definition) is 2. The lowest BCUT2D eigenvalue weighted by molar-refractivity contribution is 0.0878. The predicted octanol–water partition coefficient (Wildman–Crippen LogP) is 2.19. The Labute approximate surface area is 92.4 Å². The second-order valence-corrected chi connectivity index (χ2v) is 4.21. The first kappa shape index (κ1) is 10.6. The van der Waals surface area contributed by atoms with E-state index in [1.165, 1.54) is 12.1 Å². The van der Waals surface area contributed by atoms with Crippen LogP contribution in [0.15, 0.2) is 12.1 Å². The molecule has 0 atom stereocenters. The molecular weight excluding hydrogens is 217 g/mol. The number of aryl methyl sites for hydroxylation is 1. The highest BCUT2D eigenvalue weighted by molar-refractivity contribution is 6.34. The number of carbonyl (C=O) groups excluding carboxylic acids is 1. The first-order valence-corrected chi connectivity index (χ1v) is 5.18. The van der Waals surface area contributed by atoms with E-state index in [4.69, 9.17) is 11.6 Å². The third-order valence-corrected chi connectivity index (χ3v) is 2.98. The Bertz CT molecular complexity index is 415. The number of nitrogens with one attached hydrogen (secondary N) is 1. The lowest BCUT2D eigenvalue weighted by Crippen LogP contribution is -2.46. The molecule has 4 heteroatoms. The molecule has 1 aromatic carbocycles. The van der Waals surface area contributed by atoms with E-state index in [0.29, 0.717) is 29.2 Å². The molecule has 0 saturated carbocycles. The Morgan fingerprint density at radius 2 is 2.20 bits per heavy atom. The largest absolute Gasteiger partial charge is 0.315 e. The maximum absolute atomic E-state index is 13.3. The predicted molar refractivity (Wildman–Crippen MR) is 56.8 cm³/mol. The highest BCUT2D eigenvalue weighted by Crippen LogP contribution is 2.24. The molecule has 1 aliphatic rings. The van der Waals surface area contributed by atoms with Crippen LogP contribution in [0.2, 0.25) is 5.02 Å². The van der Waals surface area contributed by atoms with Gasteiger partial charge in [-0.15, -0.1) is 0 Å². The van der Waals surface area contributed by atoms with Crippen LogP contribution in [0.4, 0.5) is 4.39 Å². The van der Waals surface area contributed by atoms with Gasteiger partial charge in [-0.3, -0.25) is 4.79 Å². The molecule has 0 spiro atoms. The Kier molecular flexibility index (Phi) is 2.76. The lowest BCUT2D eigenvalue weighted by Gasteiger charge is -2.26. The first-order chi connectivity index (χ1) is 7.09. The van der Waals surface area contributed by atoms with Crippen LogP contribution in [0.5, 0.6) is 0 Å². The molecule has 1 saturated heterocycles. The van der Waals surface area contributed by atoms with Crippen LogP contribution in [-0.2, 0) is 0 Å². The normalized spacial score (nSPS) is 16.2. The Morgan fingerprint density at radius 3 is 2.73 bits per heavy atom. The van der Waals surface area contributed by atoms with Crippen molar-refractivity contribution in [1.82, 2.24) is 5.32 Å². The zero-order chi connectivity index (χ0) is 11.0. The Morgan fingerprint density at radius 1 is 1.53 bits per heavy atom. The average Bonchev–Trinajstić information content (AvgIpc) is 2.08. The molecule has 0 aromatic heterocycles. The summed E-state index contributed by atoms with van der Waals surface area (Å²) < 4.78 is 13.3. The molecule has 2 nitrogen and oxygen atoms in total. The summed E-state index contributed by atoms with van der Waals surface area (Å²) in [4.78, 5) is 11.8. The van der Waals surface area contributed by atoms with E-state index < -0.39 is 0 Å². The number of rotatable bonds is 2. The van der Waals surface area contributed by atoms with Crippen molar-refractivity contribution in [2.75, 3.05) is 13.1 Å². The van der Waals surface area contributed by atoms with Gasteiger partial charge in [0, 0.05) is 24.6 Å². The Hall–Kier alpha value is -0.930. The topological polar surface area (TPSA) is 29.1 Å². The molecule has 1 aromatic rings. The molecule has 1 fully saturated rings. The van der Waals surface area contributed by atoms with Gasteiger partial charge < -0.3 is 5.32 Å². The fraction of sp³-hybridized carbons (Fsp3) is 0.364. The van der Waals surface area contributed by atoms with Gasteiger partial charge >= 0.3 is 0 Å². The molecule has 1 heterocycles. The van der Waals surface area contributed by atoms with E-state index in [1.807, 2.05) is 0 Å². The van der Waals surface area contributed by atoms with Crippen LogP contribution in [0.1, 0.15) is 15.9 Å². The van der Waals surface area contributed by atoms with Crippen LogP contribution in [0, 0.1) is 18.7 Å². The van der Waals surface area contributed by atoms with Gasteiger partial charge in [-0.1, -0.05) is 11.6 Å². The van der Waals surface area contributed by atoms with Gasteiger partial charge in [0.15, 0.2) is 5.78 Å². The van der Waals surface area contributed by atoms with Gasteiger partial charge in [-0.2, -0.15) is 0 Å². The van der Waals surface area contributed by atoms with Crippen molar-refractivity contribution in [1.29, 1.82) is 0 Å². The van der Waals surface area contributed by atoms with Crippen molar-refractivity contribution in [3.05, 3.63) is 34.1 Å². The molecule has 15 heavy (non-hydrogen) atoms. The summed E-state index contributed by atoms with van der Waals surface area (Å²) in [7, 11) is 0. The molecule has 1 aliphatic heterocycles. The molecule has 0 aliphatic carbocycles. The van der Waals surface area contributed by atoms with Crippen molar-refractivity contribution in [3.8, 4) is 0 Å². The summed E-state index contributed by atoms with van der Waals surface area (Å²) in [6, 6.07) is 2.73. The van der Waals surface area contributed by atoms with Crippen molar-refractivity contribution in [2.24, 2.45) is 5.92 Å². The molecule has 0 radical (unpaired) electrons. The summed E-state index contributed by atoms with van der Waals surface area (Å²) in [5.74, 6) is -0.503. The highest BCUT2D eigenvalue weighted by Gasteiger charge is 2.27. The van der Waals surface area contributed by atoms with Crippen LogP contribution in [0.3, 0.4) is 0 Å². The van der Waals surface area contributed by atoms with Crippen LogP contribution in [-0.4, -0.2) is 18.9 Å². The van der Waals surface area contributed by atoms with E-state index in [2.05, 4.69) is 5.32 Å². The second-order valence-electron chi connectivity index (χ2n) is 3.80. The molecule has 0 unspecified atom stereocenters. The second kappa shape index (κ2) is 3.91. The molecular formula is C11H11ClFNO. The summed E-state index contributed by atoms with van der Waals surface area (Å²) in [6.07, 6.45) is 0. The molecule has 0 amide bonds. The van der Waals surface area contributed by atoms with Gasteiger partial charge in [-0.05, 0) is 24.6 Å². The zero-order valence-corrected chi connectivity index (χ0v) is 9.07. The van der Waals surface area contributed by atoms with Crippen molar-refractivity contribution < 1.29 is 9.18 Å². The van der Waals surface area contributed by atoms with Gasteiger partial charge in [0.25, 0.3) is 0 Å². The van der Waals surface area contributed by atoms with Gasteiger partial charge in [-0.25, -0.2) is 4.39 Å². The summed E-state index contributed by atoms with van der Waals surface area (Å²) in [5, 5.41) is 3.34. The van der Waals surface area contributed by atoms with E-state index in [-0.39, 0.29) is 17.5 Å². The quantitative estimate of drug-likeness (QED) is 0.785. The number of carbonyl (C=O) groups is 1. The number of halogens is 2. The van der Waals surface area contributed by atoms with E-state index in [9.17, 15) is 9.18 Å². The van der Waals surface area contributed by atoms with E-state index in [0.717, 1.165) is 0 Å². The van der Waals surface area contributed by atoms with Gasteiger partial charge in [0.2, 0.25) is 0 Å². The number of ketones is 1. The van der Waals surface area contributed by atoms with Crippen molar-refractivity contribution in [3.63, 3.8) is 0 Å². The summed E-state index contributed by atoms with van der Waals surface area (Å²) in [6.45, 7) is 2.94. The fourth-order valence-electron chi connectivity index (χ4n) is 1.53. The number of benzene rings is 1. The zero-order valence-electron chi connectivity index (χ0n) is 8.31. The number of hydrogen-bond donors (Lipinski definition) is 1. The third kappa shape index (κ3) is 1.90. The minimum atomic E-state index is -0.380. The van der Waals surface area contributed by atoms with Crippen LogP contribution in [0.25, 0.3) is 0 Å². The fourth-order valence-corrected chi connectivity index (χ4v) is 1.84. The van der Waals surface area contributed by atoms with Gasteiger partial charge in [0.05, 0.1) is 5.02 Å². The molecule has 1 N–H and O–H groups in total. The third-order valence-electron chi connectivity index (χ3n) is 2.67. The monoisotopic (exact) mass is 227 g/mol. The van der Waals surface area contributed by atoms with Crippen molar-refractivity contribution in [2.45, 2.75) is 6.92 Å². The standard InChI is InChI=1S/C11H11ClFNO/c1-6-2-9(12)8(3-10(6)13)11(15)7-4-14-5-7/h2-3,7,14H,4-5H2,1H3. The van der Waals surface area contributed by atoms with Crippen molar-refractivity contribution >= 4 is 17.4 Å².